The molecule has 0 aliphatic carbocycles. The summed E-state index contributed by atoms with van der Waals surface area (Å²) in [7, 11) is 0. The van der Waals surface area contributed by atoms with Crippen molar-refractivity contribution in [1.29, 1.82) is 0 Å². The highest BCUT2D eigenvalue weighted by atomic mass is 32.2. The number of thioether (sulfide) groups is 1. The molecule has 2 unspecified atom stereocenters. The van der Waals surface area contributed by atoms with Gasteiger partial charge in [0.2, 0.25) is 0 Å². The van der Waals surface area contributed by atoms with E-state index in [1.807, 2.05) is 6.08 Å². The molecule has 0 bridgehead atoms. The fourth-order valence-corrected chi connectivity index (χ4v) is 2.01. The van der Waals surface area contributed by atoms with Gasteiger partial charge in [0.25, 0.3) is 0 Å². The predicted octanol–water partition coefficient (Wildman–Crippen LogP) is -0.119. The molecule has 0 radical (unpaired) electrons. The molecule has 0 saturated carbocycles. The Morgan fingerprint density at radius 1 is 1.80 bits per heavy atom. The lowest BCUT2D eigenvalue weighted by Crippen LogP contribution is -2.27. The van der Waals surface area contributed by atoms with Crippen molar-refractivity contribution >= 4 is 11.8 Å². The van der Waals surface area contributed by atoms with Crippen molar-refractivity contribution in [3.63, 3.8) is 0 Å². The summed E-state index contributed by atoms with van der Waals surface area (Å²) in [5, 5.41) is 12.2. The number of hydrogen-bond acceptors (Lipinski definition) is 4. The first-order valence-electron chi connectivity index (χ1n) is 3.23. The molecule has 10 heavy (non-hydrogen) atoms. The standard InChI is InChI=1S/C6H9NO2S/c8-4-1-5-6(9-2-4)10-3-7-5/h1,4,6-8H,2-3H2. The Hall–Kier alpha value is -0.190. The van der Waals surface area contributed by atoms with Gasteiger partial charge in [-0.3, -0.25) is 0 Å². The predicted molar refractivity (Wildman–Crippen MR) is 39.4 cm³/mol. The molecule has 2 atom stereocenters. The van der Waals surface area contributed by atoms with Crippen molar-refractivity contribution < 1.29 is 9.84 Å². The average molecular weight is 159 g/mol. The van der Waals surface area contributed by atoms with E-state index in [4.69, 9.17) is 9.84 Å². The molecule has 2 aliphatic heterocycles. The van der Waals surface area contributed by atoms with Gasteiger partial charge in [0, 0.05) is 5.70 Å². The van der Waals surface area contributed by atoms with E-state index in [0.29, 0.717) is 6.61 Å². The molecule has 0 aromatic rings. The number of nitrogens with one attached hydrogen (secondary N) is 1. The first-order valence-corrected chi connectivity index (χ1v) is 4.28. The zero-order chi connectivity index (χ0) is 6.97. The van der Waals surface area contributed by atoms with Gasteiger partial charge in [-0.25, -0.2) is 0 Å². The highest BCUT2D eigenvalue weighted by Crippen LogP contribution is 2.27. The van der Waals surface area contributed by atoms with Crippen LogP contribution in [0.3, 0.4) is 0 Å². The van der Waals surface area contributed by atoms with Crippen LogP contribution in [-0.4, -0.2) is 29.1 Å². The Labute approximate surface area is 63.4 Å². The van der Waals surface area contributed by atoms with E-state index < -0.39 is 6.10 Å². The largest absolute Gasteiger partial charge is 0.387 e. The van der Waals surface area contributed by atoms with Crippen molar-refractivity contribution in [3.05, 3.63) is 11.8 Å². The summed E-state index contributed by atoms with van der Waals surface area (Å²) in [5.41, 5.74) is 1.19. The zero-order valence-electron chi connectivity index (χ0n) is 5.41. The zero-order valence-corrected chi connectivity index (χ0v) is 6.23. The summed E-state index contributed by atoms with van der Waals surface area (Å²) < 4.78 is 5.30. The number of ether oxygens (including phenoxy) is 1. The lowest BCUT2D eigenvalue weighted by molar-refractivity contribution is 0.0434. The molecule has 2 rings (SSSR count). The molecule has 4 heteroatoms. The van der Waals surface area contributed by atoms with E-state index in [-0.39, 0.29) is 5.44 Å². The Morgan fingerprint density at radius 3 is 3.60 bits per heavy atom. The molecule has 2 aliphatic rings. The van der Waals surface area contributed by atoms with Gasteiger partial charge in [0.15, 0.2) is 0 Å². The second-order valence-corrected chi connectivity index (χ2v) is 3.39. The lowest BCUT2D eigenvalue weighted by atomic mass is 10.2. The Kier molecular flexibility index (Phi) is 1.60. The van der Waals surface area contributed by atoms with Crippen molar-refractivity contribution in [3.8, 4) is 0 Å². The smallest absolute Gasteiger partial charge is 0.144 e. The maximum Gasteiger partial charge on any atom is 0.144 e. The summed E-state index contributed by atoms with van der Waals surface area (Å²) in [5.74, 6) is 0.892. The second-order valence-electron chi connectivity index (χ2n) is 2.34. The number of fused-ring (bicyclic) bond motifs is 1. The summed E-state index contributed by atoms with van der Waals surface area (Å²) in [6, 6.07) is 0. The molecule has 1 fully saturated rings. The van der Waals surface area contributed by atoms with Crippen LogP contribution in [0, 0.1) is 0 Å². The third-order valence-corrected chi connectivity index (χ3v) is 2.56. The van der Waals surface area contributed by atoms with Gasteiger partial charge in [-0.1, -0.05) is 0 Å². The first-order chi connectivity index (χ1) is 4.86. The summed E-state index contributed by atoms with van der Waals surface area (Å²) in [6.45, 7) is 0.433. The highest BCUT2D eigenvalue weighted by molar-refractivity contribution is 8.00. The monoisotopic (exact) mass is 159 g/mol. The lowest BCUT2D eigenvalue weighted by Gasteiger charge is -2.19. The maximum absolute atomic E-state index is 9.11. The molecular formula is C6H9NO2S. The normalized spacial score (nSPS) is 38.3. The van der Waals surface area contributed by atoms with Gasteiger partial charge >= 0.3 is 0 Å². The van der Waals surface area contributed by atoms with E-state index in [2.05, 4.69) is 5.32 Å². The number of aliphatic hydroxyl groups excluding tert-OH is 1. The van der Waals surface area contributed by atoms with Crippen LogP contribution in [0.25, 0.3) is 0 Å². The molecule has 1 saturated heterocycles. The minimum atomic E-state index is -0.419. The molecular weight excluding hydrogens is 150 g/mol. The molecule has 2 heterocycles. The second kappa shape index (κ2) is 2.45. The molecule has 56 valence electrons. The van der Waals surface area contributed by atoms with Gasteiger partial charge < -0.3 is 15.2 Å². The van der Waals surface area contributed by atoms with E-state index >= 15 is 0 Å². The maximum atomic E-state index is 9.11. The summed E-state index contributed by atoms with van der Waals surface area (Å²) >= 11 is 1.72. The fraction of sp³-hybridized carbons (Fsp3) is 0.667. The van der Waals surface area contributed by atoms with Crippen LogP contribution in [-0.2, 0) is 4.74 Å². The van der Waals surface area contributed by atoms with Crippen molar-refractivity contribution in [2.45, 2.75) is 11.5 Å². The number of hydrogen-bond donors (Lipinski definition) is 2. The van der Waals surface area contributed by atoms with E-state index in [9.17, 15) is 0 Å². The summed E-state index contributed by atoms with van der Waals surface area (Å²) in [6.07, 6.45) is 1.41. The Morgan fingerprint density at radius 2 is 2.70 bits per heavy atom. The Bertz CT molecular complexity index is 171. The van der Waals surface area contributed by atoms with Crippen LogP contribution >= 0.6 is 11.8 Å². The van der Waals surface area contributed by atoms with E-state index in [0.717, 1.165) is 11.6 Å². The van der Waals surface area contributed by atoms with Crippen molar-refractivity contribution in [2.24, 2.45) is 0 Å². The molecule has 0 aromatic heterocycles. The minimum absolute atomic E-state index is 0.156. The Balaban J connectivity index is 2.16. The molecule has 2 N–H and O–H groups in total. The topological polar surface area (TPSA) is 41.5 Å². The van der Waals surface area contributed by atoms with Gasteiger partial charge in [-0.15, -0.1) is 11.8 Å². The van der Waals surface area contributed by atoms with Crippen molar-refractivity contribution in [1.82, 2.24) is 5.32 Å². The van der Waals surface area contributed by atoms with E-state index in [1.54, 1.807) is 11.8 Å². The third kappa shape index (κ3) is 1.02. The fourth-order valence-electron chi connectivity index (χ4n) is 1.09. The van der Waals surface area contributed by atoms with E-state index in [1.165, 1.54) is 0 Å². The highest BCUT2D eigenvalue weighted by Gasteiger charge is 2.26. The van der Waals surface area contributed by atoms with Crippen LogP contribution in [0.15, 0.2) is 11.8 Å². The molecule has 3 nitrogen and oxygen atoms in total. The minimum Gasteiger partial charge on any atom is -0.387 e. The van der Waals surface area contributed by atoms with Crippen LogP contribution in [0.4, 0.5) is 0 Å². The summed E-state index contributed by atoms with van der Waals surface area (Å²) in [4.78, 5) is 0. The quantitative estimate of drug-likeness (QED) is 0.517. The third-order valence-electron chi connectivity index (χ3n) is 1.56. The van der Waals surface area contributed by atoms with Gasteiger partial charge in [0.1, 0.15) is 5.44 Å². The van der Waals surface area contributed by atoms with Crippen LogP contribution in [0.5, 0.6) is 0 Å². The van der Waals surface area contributed by atoms with Crippen molar-refractivity contribution in [2.75, 3.05) is 12.5 Å². The number of rotatable bonds is 0. The van der Waals surface area contributed by atoms with Gasteiger partial charge in [-0.2, -0.15) is 0 Å². The van der Waals surface area contributed by atoms with Gasteiger partial charge in [0.05, 0.1) is 18.6 Å². The molecule has 0 amide bonds. The number of aliphatic hydroxyl groups is 1. The SMILES string of the molecule is OC1C=C2NCSC2OC1. The van der Waals surface area contributed by atoms with Crippen LogP contribution < -0.4 is 5.32 Å². The molecule has 0 aromatic carbocycles. The molecule has 0 spiro atoms. The first kappa shape index (κ1) is 6.52. The average Bonchev–Trinajstić information content (AvgIpc) is 2.33. The van der Waals surface area contributed by atoms with Gasteiger partial charge in [-0.05, 0) is 6.08 Å². The van der Waals surface area contributed by atoms with Crippen LogP contribution in [0.2, 0.25) is 0 Å². The van der Waals surface area contributed by atoms with Crippen LogP contribution in [0.1, 0.15) is 0 Å².